The standard InChI is InChI=1S/C17H25ClN2O/c18-17-6-2-1-4-15(17)7-8-19-9-11-20(12-10-19)14-16-5-3-13-21-16/h1-2,4,6,16H,3,5,7-14H2/t16-/m0/s1. The molecule has 2 saturated heterocycles. The Morgan fingerprint density at radius 1 is 1.10 bits per heavy atom. The monoisotopic (exact) mass is 308 g/mol. The second-order valence-electron chi connectivity index (χ2n) is 6.12. The Morgan fingerprint density at radius 3 is 2.57 bits per heavy atom. The van der Waals surface area contributed by atoms with Gasteiger partial charge in [0.1, 0.15) is 0 Å². The fraction of sp³-hybridized carbons (Fsp3) is 0.647. The van der Waals surface area contributed by atoms with Gasteiger partial charge in [-0.1, -0.05) is 29.8 Å². The third-order valence-corrected chi connectivity index (χ3v) is 4.97. The van der Waals surface area contributed by atoms with Crippen LogP contribution in [-0.4, -0.2) is 61.8 Å². The molecule has 3 rings (SSSR count). The lowest BCUT2D eigenvalue weighted by Gasteiger charge is -2.35. The lowest BCUT2D eigenvalue weighted by Crippen LogP contribution is -2.48. The molecular weight excluding hydrogens is 284 g/mol. The summed E-state index contributed by atoms with van der Waals surface area (Å²) in [7, 11) is 0. The molecule has 2 aliphatic heterocycles. The third-order valence-electron chi connectivity index (χ3n) is 4.61. The van der Waals surface area contributed by atoms with Crippen molar-refractivity contribution >= 4 is 11.6 Å². The number of benzene rings is 1. The van der Waals surface area contributed by atoms with E-state index in [1.54, 1.807) is 0 Å². The van der Waals surface area contributed by atoms with Crippen LogP contribution in [0, 0.1) is 0 Å². The number of hydrogen-bond donors (Lipinski definition) is 0. The molecule has 21 heavy (non-hydrogen) atoms. The summed E-state index contributed by atoms with van der Waals surface area (Å²) in [6, 6.07) is 8.18. The molecule has 0 saturated carbocycles. The number of rotatable bonds is 5. The van der Waals surface area contributed by atoms with Crippen LogP contribution < -0.4 is 0 Å². The van der Waals surface area contributed by atoms with Gasteiger partial charge in [-0.2, -0.15) is 0 Å². The summed E-state index contributed by atoms with van der Waals surface area (Å²) >= 11 is 6.22. The van der Waals surface area contributed by atoms with Crippen molar-refractivity contribution in [3.63, 3.8) is 0 Å². The van der Waals surface area contributed by atoms with E-state index in [9.17, 15) is 0 Å². The van der Waals surface area contributed by atoms with Crippen molar-refractivity contribution in [1.29, 1.82) is 0 Å². The molecule has 0 radical (unpaired) electrons. The summed E-state index contributed by atoms with van der Waals surface area (Å²) in [4.78, 5) is 5.11. The van der Waals surface area contributed by atoms with Gasteiger partial charge in [-0.05, 0) is 30.9 Å². The Kier molecular flexibility index (Phi) is 5.53. The Bertz CT molecular complexity index is 440. The van der Waals surface area contributed by atoms with Crippen LogP contribution in [0.25, 0.3) is 0 Å². The number of halogens is 1. The zero-order valence-electron chi connectivity index (χ0n) is 12.6. The van der Waals surface area contributed by atoms with Crippen LogP contribution in [-0.2, 0) is 11.2 Å². The van der Waals surface area contributed by atoms with Crippen molar-refractivity contribution < 1.29 is 4.74 Å². The smallest absolute Gasteiger partial charge is 0.0702 e. The summed E-state index contributed by atoms with van der Waals surface area (Å²) < 4.78 is 5.73. The summed E-state index contributed by atoms with van der Waals surface area (Å²) in [6.45, 7) is 7.86. The molecule has 2 aliphatic rings. The minimum absolute atomic E-state index is 0.486. The summed E-state index contributed by atoms with van der Waals surface area (Å²) in [5, 5.41) is 0.898. The Labute approximate surface area is 132 Å². The number of piperazine rings is 1. The minimum Gasteiger partial charge on any atom is -0.377 e. The highest BCUT2D eigenvalue weighted by molar-refractivity contribution is 6.31. The van der Waals surface area contributed by atoms with Crippen LogP contribution in [0.15, 0.2) is 24.3 Å². The Hall–Kier alpha value is -0.610. The lowest BCUT2D eigenvalue weighted by molar-refractivity contribution is 0.0507. The van der Waals surface area contributed by atoms with E-state index >= 15 is 0 Å². The van der Waals surface area contributed by atoms with Gasteiger partial charge in [-0.25, -0.2) is 0 Å². The van der Waals surface area contributed by atoms with Gasteiger partial charge in [0.25, 0.3) is 0 Å². The topological polar surface area (TPSA) is 15.7 Å². The van der Waals surface area contributed by atoms with E-state index in [1.165, 1.54) is 31.5 Å². The molecule has 0 unspecified atom stereocenters. The number of nitrogens with zero attached hydrogens (tertiary/aromatic N) is 2. The maximum Gasteiger partial charge on any atom is 0.0702 e. The molecule has 0 aromatic heterocycles. The van der Waals surface area contributed by atoms with E-state index in [0.717, 1.165) is 44.2 Å². The predicted octanol–water partition coefficient (Wildman–Crippen LogP) is 2.68. The van der Waals surface area contributed by atoms with Crippen LogP contribution in [0.4, 0.5) is 0 Å². The number of ether oxygens (including phenoxy) is 1. The Balaban J connectivity index is 1.38. The fourth-order valence-corrected chi connectivity index (χ4v) is 3.48. The first kappa shape index (κ1) is 15.3. The zero-order valence-corrected chi connectivity index (χ0v) is 13.4. The summed E-state index contributed by atoms with van der Waals surface area (Å²) in [5.41, 5.74) is 1.26. The molecule has 3 nitrogen and oxygen atoms in total. The first-order valence-corrected chi connectivity index (χ1v) is 8.49. The van der Waals surface area contributed by atoms with Crippen molar-refractivity contribution in [2.45, 2.75) is 25.4 Å². The predicted molar refractivity (Wildman–Crippen MR) is 87.0 cm³/mol. The first-order chi connectivity index (χ1) is 10.3. The van der Waals surface area contributed by atoms with E-state index < -0.39 is 0 Å². The van der Waals surface area contributed by atoms with Crippen molar-refractivity contribution in [1.82, 2.24) is 9.80 Å². The van der Waals surface area contributed by atoms with Crippen LogP contribution >= 0.6 is 11.6 Å². The molecule has 116 valence electrons. The van der Waals surface area contributed by atoms with Gasteiger partial charge in [0, 0.05) is 50.9 Å². The molecule has 0 spiro atoms. The molecule has 0 aliphatic carbocycles. The van der Waals surface area contributed by atoms with Crippen molar-refractivity contribution in [2.24, 2.45) is 0 Å². The van der Waals surface area contributed by atoms with Crippen molar-refractivity contribution in [3.8, 4) is 0 Å². The molecule has 0 N–H and O–H groups in total. The molecule has 2 fully saturated rings. The van der Waals surface area contributed by atoms with Gasteiger partial charge in [0.05, 0.1) is 6.10 Å². The summed E-state index contributed by atoms with van der Waals surface area (Å²) in [6.07, 6.45) is 4.01. The maximum atomic E-state index is 6.22. The first-order valence-electron chi connectivity index (χ1n) is 8.11. The molecule has 0 bridgehead atoms. The van der Waals surface area contributed by atoms with E-state index in [0.29, 0.717) is 6.10 Å². The highest BCUT2D eigenvalue weighted by atomic mass is 35.5. The van der Waals surface area contributed by atoms with Gasteiger partial charge < -0.3 is 9.64 Å². The van der Waals surface area contributed by atoms with Crippen molar-refractivity contribution in [2.75, 3.05) is 45.9 Å². The van der Waals surface area contributed by atoms with E-state index in [4.69, 9.17) is 16.3 Å². The van der Waals surface area contributed by atoms with Gasteiger partial charge >= 0.3 is 0 Å². The normalized spacial score (nSPS) is 24.5. The molecular formula is C17H25ClN2O. The Morgan fingerprint density at radius 2 is 1.86 bits per heavy atom. The lowest BCUT2D eigenvalue weighted by atomic mass is 10.1. The highest BCUT2D eigenvalue weighted by Gasteiger charge is 2.22. The molecule has 4 heteroatoms. The van der Waals surface area contributed by atoms with Crippen LogP contribution in [0.2, 0.25) is 5.02 Å². The van der Waals surface area contributed by atoms with Gasteiger partial charge in [-0.3, -0.25) is 4.90 Å². The van der Waals surface area contributed by atoms with Crippen LogP contribution in [0.1, 0.15) is 18.4 Å². The molecule has 0 amide bonds. The maximum absolute atomic E-state index is 6.22. The molecule has 2 heterocycles. The number of hydrogen-bond acceptors (Lipinski definition) is 3. The molecule has 1 atom stereocenters. The van der Waals surface area contributed by atoms with Crippen LogP contribution in [0.5, 0.6) is 0 Å². The average Bonchev–Trinajstić information content (AvgIpc) is 3.01. The van der Waals surface area contributed by atoms with Crippen molar-refractivity contribution in [3.05, 3.63) is 34.9 Å². The second-order valence-corrected chi connectivity index (χ2v) is 6.53. The fourth-order valence-electron chi connectivity index (χ4n) is 3.25. The second kappa shape index (κ2) is 7.59. The minimum atomic E-state index is 0.486. The third kappa shape index (κ3) is 4.43. The van der Waals surface area contributed by atoms with E-state index in [-0.39, 0.29) is 0 Å². The molecule has 1 aromatic carbocycles. The van der Waals surface area contributed by atoms with E-state index in [1.807, 2.05) is 12.1 Å². The van der Waals surface area contributed by atoms with Crippen LogP contribution in [0.3, 0.4) is 0 Å². The highest BCUT2D eigenvalue weighted by Crippen LogP contribution is 2.17. The van der Waals surface area contributed by atoms with Gasteiger partial charge in [-0.15, -0.1) is 0 Å². The molecule has 1 aromatic rings. The largest absolute Gasteiger partial charge is 0.377 e. The van der Waals surface area contributed by atoms with E-state index in [2.05, 4.69) is 21.9 Å². The average molecular weight is 309 g/mol. The zero-order chi connectivity index (χ0) is 14.5. The SMILES string of the molecule is Clc1ccccc1CCN1CCN(C[C@@H]2CCCO2)CC1. The summed E-state index contributed by atoms with van der Waals surface area (Å²) in [5.74, 6) is 0. The van der Waals surface area contributed by atoms with Gasteiger partial charge in [0.2, 0.25) is 0 Å². The van der Waals surface area contributed by atoms with Gasteiger partial charge in [0.15, 0.2) is 0 Å². The quantitative estimate of drug-likeness (QED) is 0.832.